The van der Waals surface area contributed by atoms with Crippen molar-refractivity contribution in [3.8, 4) is 0 Å². The predicted molar refractivity (Wildman–Crippen MR) is 74.2 cm³/mol. The van der Waals surface area contributed by atoms with Gasteiger partial charge in [0.1, 0.15) is 0 Å². The Morgan fingerprint density at radius 3 is 2.56 bits per heavy atom. The van der Waals surface area contributed by atoms with Crippen LogP contribution in [-0.4, -0.2) is 11.8 Å². The summed E-state index contributed by atoms with van der Waals surface area (Å²) in [7, 11) is 0. The van der Waals surface area contributed by atoms with Crippen LogP contribution in [0.15, 0.2) is 29.2 Å². The minimum Gasteiger partial charge on any atom is -0.327 e. The highest BCUT2D eigenvalue weighted by molar-refractivity contribution is 7.99. The van der Waals surface area contributed by atoms with E-state index in [1.54, 1.807) is 11.8 Å². The highest BCUT2D eigenvalue weighted by atomic mass is 35.5. The summed E-state index contributed by atoms with van der Waals surface area (Å²) in [5, 5.41) is 0.793. The van der Waals surface area contributed by atoms with Crippen molar-refractivity contribution in [1.82, 2.24) is 0 Å². The summed E-state index contributed by atoms with van der Waals surface area (Å²) in [4.78, 5) is 1.20. The smallest absolute Gasteiger partial charge is 0.0417 e. The van der Waals surface area contributed by atoms with Gasteiger partial charge in [0.25, 0.3) is 0 Å². The zero-order valence-electron chi connectivity index (χ0n) is 9.95. The Morgan fingerprint density at radius 2 is 2.00 bits per heavy atom. The number of thioether (sulfide) groups is 1. The second-order valence-electron chi connectivity index (χ2n) is 4.01. The first-order valence-electron chi connectivity index (χ1n) is 5.81. The predicted octanol–water partition coefficient (Wildman–Crippen LogP) is 4.20. The lowest BCUT2D eigenvalue weighted by Gasteiger charge is -2.20. The average molecular weight is 258 g/mol. The zero-order valence-corrected chi connectivity index (χ0v) is 11.5. The molecule has 3 heteroatoms. The van der Waals surface area contributed by atoms with Crippen molar-refractivity contribution in [2.75, 3.05) is 5.75 Å². The van der Waals surface area contributed by atoms with E-state index in [4.69, 9.17) is 17.3 Å². The lowest BCUT2D eigenvalue weighted by atomic mass is 9.96. The van der Waals surface area contributed by atoms with E-state index in [1.807, 2.05) is 18.2 Å². The highest BCUT2D eigenvalue weighted by Gasteiger charge is 2.13. The highest BCUT2D eigenvalue weighted by Crippen LogP contribution is 2.24. The molecule has 1 aromatic rings. The van der Waals surface area contributed by atoms with E-state index in [-0.39, 0.29) is 6.04 Å². The Bertz CT molecular complexity index is 313. The molecule has 1 nitrogen and oxygen atoms in total. The van der Waals surface area contributed by atoms with E-state index in [0.717, 1.165) is 23.6 Å². The van der Waals surface area contributed by atoms with Crippen LogP contribution in [0.2, 0.25) is 5.02 Å². The normalized spacial score (nSPS) is 13.1. The van der Waals surface area contributed by atoms with Crippen LogP contribution < -0.4 is 5.73 Å². The van der Waals surface area contributed by atoms with Crippen molar-refractivity contribution in [2.24, 2.45) is 11.7 Å². The molecule has 1 atom stereocenters. The summed E-state index contributed by atoms with van der Waals surface area (Å²) >= 11 is 7.73. The van der Waals surface area contributed by atoms with Gasteiger partial charge in [-0.3, -0.25) is 0 Å². The van der Waals surface area contributed by atoms with Gasteiger partial charge in [-0.25, -0.2) is 0 Å². The standard InChI is InChI=1S/C13H20ClNS/c1-3-10(4-2)13(15)9-16-12-7-5-6-11(14)8-12/h5-8,10,13H,3-4,9,15H2,1-2H3. The van der Waals surface area contributed by atoms with E-state index in [1.165, 1.54) is 4.90 Å². The quantitative estimate of drug-likeness (QED) is 0.773. The minimum atomic E-state index is 0.277. The number of hydrogen-bond donors (Lipinski definition) is 1. The largest absolute Gasteiger partial charge is 0.327 e. The summed E-state index contributed by atoms with van der Waals surface area (Å²) in [6, 6.07) is 8.22. The van der Waals surface area contributed by atoms with Crippen LogP contribution in [0, 0.1) is 5.92 Å². The van der Waals surface area contributed by atoms with Gasteiger partial charge in [-0.05, 0) is 24.1 Å². The Labute approximate surface area is 108 Å². The second kappa shape index (κ2) is 7.21. The van der Waals surface area contributed by atoms with Gasteiger partial charge in [0.2, 0.25) is 0 Å². The minimum absolute atomic E-state index is 0.277. The molecule has 0 bridgehead atoms. The Kier molecular flexibility index (Phi) is 6.25. The van der Waals surface area contributed by atoms with Gasteiger partial charge >= 0.3 is 0 Å². The topological polar surface area (TPSA) is 26.0 Å². The van der Waals surface area contributed by atoms with Crippen LogP contribution in [0.3, 0.4) is 0 Å². The van der Waals surface area contributed by atoms with Crippen molar-refractivity contribution in [2.45, 2.75) is 37.6 Å². The molecule has 0 heterocycles. The molecular formula is C13H20ClNS. The van der Waals surface area contributed by atoms with Crippen LogP contribution in [0.1, 0.15) is 26.7 Å². The van der Waals surface area contributed by atoms with E-state index in [9.17, 15) is 0 Å². The second-order valence-corrected chi connectivity index (χ2v) is 5.54. The van der Waals surface area contributed by atoms with E-state index < -0.39 is 0 Å². The van der Waals surface area contributed by atoms with Gasteiger partial charge in [0.15, 0.2) is 0 Å². The average Bonchev–Trinajstić information content (AvgIpc) is 2.28. The SMILES string of the molecule is CCC(CC)C(N)CSc1cccc(Cl)c1. The van der Waals surface area contributed by atoms with Crippen LogP contribution in [0.25, 0.3) is 0 Å². The van der Waals surface area contributed by atoms with E-state index >= 15 is 0 Å². The molecule has 0 radical (unpaired) electrons. The maximum atomic E-state index is 6.17. The van der Waals surface area contributed by atoms with Gasteiger partial charge in [-0.1, -0.05) is 44.4 Å². The van der Waals surface area contributed by atoms with Crippen molar-refractivity contribution in [3.05, 3.63) is 29.3 Å². The molecule has 90 valence electrons. The van der Waals surface area contributed by atoms with Crippen molar-refractivity contribution >= 4 is 23.4 Å². The number of benzene rings is 1. The van der Waals surface area contributed by atoms with Crippen LogP contribution in [0.4, 0.5) is 0 Å². The number of nitrogens with two attached hydrogens (primary N) is 1. The van der Waals surface area contributed by atoms with Gasteiger partial charge in [-0.2, -0.15) is 0 Å². The molecular weight excluding hydrogens is 238 g/mol. The first-order valence-corrected chi connectivity index (χ1v) is 7.17. The summed E-state index contributed by atoms with van der Waals surface area (Å²) in [5.74, 6) is 1.60. The monoisotopic (exact) mass is 257 g/mol. The van der Waals surface area contributed by atoms with Gasteiger partial charge in [0.05, 0.1) is 0 Å². The maximum absolute atomic E-state index is 6.17. The molecule has 0 spiro atoms. The molecule has 0 aliphatic heterocycles. The summed E-state index contributed by atoms with van der Waals surface area (Å²) in [6.07, 6.45) is 2.32. The Balaban J connectivity index is 2.45. The molecule has 0 aliphatic carbocycles. The van der Waals surface area contributed by atoms with Crippen LogP contribution >= 0.6 is 23.4 Å². The molecule has 0 amide bonds. The van der Waals surface area contributed by atoms with Gasteiger partial charge in [-0.15, -0.1) is 11.8 Å². The van der Waals surface area contributed by atoms with Crippen molar-refractivity contribution < 1.29 is 0 Å². The Hall–Kier alpha value is -0.180. The first-order chi connectivity index (χ1) is 7.67. The molecule has 1 aromatic carbocycles. The number of halogens is 1. The third-order valence-corrected chi connectivity index (χ3v) is 4.27. The Morgan fingerprint density at radius 1 is 1.31 bits per heavy atom. The molecule has 0 saturated heterocycles. The lowest BCUT2D eigenvalue weighted by molar-refractivity contribution is 0.422. The molecule has 16 heavy (non-hydrogen) atoms. The van der Waals surface area contributed by atoms with Crippen molar-refractivity contribution in [1.29, 1.82) is 0 Å². The van der Waals surface area contributed by atoms with Crippen LogP contribution in [-0.2, 0) is 0 Å². The van der Waals surface area contributed by atoms with Crippen molar-refractivity contribution in [3.63, 3.8) is 0 Å². The lowest BCUT2D eigenvalue weighted by Crippen LogP contribution is -2.31. The third kappa shape index (κ3) is 4.36. The van der Waals surface area contributed by atoms with E-state index in [0.29, 0.717) is 5.92 Å². The first kappa shape index (κ1) is 13.9. The fourth-order valence-electron chi connectivity index (χ4n) is 1.78. The fourth-order valence-corrected chi connectivity index (χ4v) is 3.08. The van der Waals surface area contributed by atoms with Crippen LogP contribution in [0.5, 0.6) is 0 Å². The molecule has 0 fully saturated rings. The third-order valence-electron chi connectivity index (χ3n) is 2.89. The summed E-state index contributed by atoms with van der Waals surface area (Å²) in [5.41, 5.74) is 6.17. The molecule has 0 saturated carbocycles. The molecule has 1 unspecified atom stereocenters. The van der Waals surface area contributed by atoms with E-state index in [2.05, 4.69) is 19.9 Å². The molecule has 0 aliphatic rings. The van der Waals surface area contributed by atoms with Gasteiger partial charge in [0, 0.05) is 21.7 Å². The fraction of sp³-hybridized carbons (Fsp3) is 0.538. The maximum Gasteiger partial charge on any atom is 0.0417 e. The number of rotatable bonds is 6. The summed E-state index contributed by atoms with van der Waals surface area (Å²) < 4.78 is 0. The molecule has 2 N–H and O–H groups in total. The number of hydrogen-bond acceptors (Lipinski definition) is 2. The van der Waals surface area contributed by atoms with Gasteiger partial charge < -0.3 is 5.73 Å². The molecule has 0 aromatic heterocycles. The molecule has 1 rings (SSSR count). The zero-order chi connectivity index (χ0) is 12.0. The summed E-state index contributed by atoms with van der Waals surface area (Å²) in [6.45, 7) is 4.41.